The zero-order valence-corrected chi connectivity index (χ0v) is 9.80. The lowest BCUT2D eigenvalue weighted by Crippen LogP contribution is -2.33. The molecule has 17 heavy (non-hydrogen) atoms. The van der Waals surface area contributed by atoms with E-state index in [0.29, 0.717) is 19.7 Å². The van der Waals surface area contributed by atoms with Gasteiger partial charge in [-0.2, -0.15) is 0 Å². The highest BCUT2D eigenvalue weighted by molar-refractivity contribution is 5.93. The van der Waals surface area contributed by atoms with Crippen molar-refractivity contribution < 1.29 is 23.8 Å². The van der Waals surface area contributed by atoms with Gasteiger partial charge < -0.3 is 19.2 Å². The second-order valence-corrected chi connectivity index (χ2v) is 3.35. The molecule has 0 aliphatic carbocycles. The highest BCUT2D eigenvalue weighted by Crippen LogP contribution is 2.10. The molecular weight excluding hydrogens is 226 g/mol. The Hall–Kier alpha value is -1.82. The molecule has 0 spiro atoms. The van der Waals surface area contributed by atoms with Gasteiger partial charge in [-0.1, -0.05) is 0 Å². The molecule has 0 unspecified atom stereocenters. The standard InChI is InChI=1S/C11H15NO5/c1-3-12(6-7-16-2)10(13)8-4-5-9(17-8)11(14)15/h4-5H,3,6-7H2,1-2H3,(H,14,15). The molecule has 0 fully saturated rings. The molecule has 1 rings (SSSR count). The van der Waals surface area contributed by atoms with Crippen LogP contribution in [0.4, 0.5) is 0 Å². The summed E-state index contributed by atoms with van der Waals surface area (Å²) in [6.45, 7) is 3.20. The van der Waals surface area contributed by atoms with E-state index in [1.165, 1.54) is 17.0 Å². The molecule has 0 aromatic carbocycles. The molecule has 6 heteroatoms. The SMILES string of the molecule is CCN(CCOC)C(=O)c1ccc(C(=O)O)o1. The van der Waals surface area contributed by atoms with Crippen molar-refractivity contribution in [3.63, 3.8) is 0 Å². The van der Waals surface area contributed by atoms with Crippen LogP contribution in [0.15, 0.2) is 16.5 Å². The van der Waals surface area contributed by atoms with Crippen LogP contribution in [-0.4, -0.2) is 48.7 Å². The number of aromatic carboxylic acids is 1. The van der Waals surface area contributed by atoms with Gasteiger partial charge in [0.15, 0.2) is 5.76 Å². The Morgan fingerprint density at radius 2 is 2.06 bits per heavy atom. The molecule has 0 aliphatic heterocycles. The van der Waals surface area contributed by atoms with Crippen LogP contribution in [-0.2, 0) is 4.74 Å². The van der Waals surface area contributed by atoms with E-state index >= 15 is 0 Å². The quantitative estimate of drug-likeness (QED) is 0.806. The maximum atomic E-state index is 11.9. The number of carbonyl (C=O) groups excluding carboxylic acids is 1. The lowest BCUT2D eigenvalue weighted by molar-refractivity contribution is 0.0637. The van der Waals surface area contributed by atoms with Gasteiger partial charge in [-0.3, -0.25) is 4.79 Å². The van der Waals surface area contributed by atoms with Crippen LogP contribution in [0.2, 0.25) is 0 Å². The van der Waals surface area contributed by atoms with Crippen molar-refractivity contribution in [1.82, 2.24) is 4.90 Å². The fourth-order valence-corrected chi connectivity index (χ4v) is 1.33. The number of amides is 1. The highest BCUT2D eigenvalue weighted by Gasteiger charge is 2.19. The number of furan rings is 1. The van der Waals surface area contributed by atoms with Gasteiger partial charge in [-0.05, 0) is 19.1 Å². The van der Waals surface area contributed by atoms with E-state index in [9.17, 15) is 9.59 Å². The van der Waals surface area contributed by atoms with Gasteiger partial charge in [-0.15, -0.1) is 0 Å². The summed E-state index contributed by atoms with van der Waals surface area (Å²) in [5, 5.41) is 8.68. The third-order valence-corrected chi connectivity index (χ3v) is 2.26. The molecule has 0 radical (unpaired) electrons. The average Bonchev–Trinajstić information content (AvgIpc) is 2.79. The van der Waals surface area contributed by atoms with Crippen LogP contribution in [0.5, 0.6) is 0 Å². The van der Waals surface area contributed by atoms with Crippen molar-refractivity contribution >= 4 is 11.9 Å². The largest absolute Gasteiger partial charge is 0.475 e. The van der Waals surface area contributed by atoms with Gasteiger partial charge in [0.05, 0.1) is 6.61 Å². The van der Waals surface area contributed by atoms with Gasteiger partial charge in [0, 0.05) is 20.2 Å². The maximum absolute atomic E-state index is 11.9. The Morgan fingerprint density at radius 3 is 2.53 bits per heavy atom. The van der Waals surface area contributed by atoms with E-state index in [2.05, 4.69) is 0 Å². The van der Waals surface area contributed by atoms with Gasteiger partial charge in [0.2, 0.25) is 5.76 Å². The van der Waals surface area contributed by atoms with E-state index in [4.69, 9.17) is 14.3 Å². The number of rotatable bonds is 6. The van der Waals surface area contributed by atoms with Gasteiger partial charge in [0.1, 0.15) is 0 Å². The molecule has 94 valence electrons. The predicted octanol–water partition coefficient (Wildman–Crippen LogP) is 1.09. The third-order valence-electron chi connectivity index (χ3n) is 2.26. The molecule has 1 heterocycles. The number of carboxylic acids is 1. The molecule has 1 N–H and O–H groups in total. The second-order valence-electron chi connectivity index (χ2n) is 3.35. The van der Waals surface area contributed by atoms with Crippen molar-refractivity contribution in [2.24, 2.45) is 0 Å². The van der Waals surface area contributed by atoms with E-state index in [0.717, 1.165) is 0 Å². The van der Waals surface area contributed by atoms with Crippen LogP contribution in [0.3, 0.4) is 0 Å². The number of likely N-dealkylation sites (N-methyl/N-ethyl adjacent to an activating group) is 1. The first kappa shape index (κ1) is 13.2. The topological polar surface area (TPSA) is 80.0 Å². The molecule has 1 aromatic rings. The summed E-state index contributed by atoms with van der Waals surface area (Å²) in [6.07, 6.45) is 0. The number of carboxylic acid groups (broad SMARTS) is 1. The van der Waals surface area contributed by atoms with Crippen molar-refractivity contribution in [3.05, 3.63) is 23.7 Å². The Balaban J connectivity index is 2.75. The van der Waals surface area contributed by atoms with E-state index in [1.54, 1.807) is 7.11 Å². The molecule has 0 saturated heterocycles. The first-order valence-corrected chi connectivity index (χ1v) is 5.21. The molecule has 0 aliphatic rings. The van der Waals surface area contributed by atoms with Gasteiger partial charge in [0.25, 0.3) is 5.91 Å². The summed E-state index contributed by atoms with van der Waals surface area (Å²) in [7, 11) is 1.55. The average molecular weight is 241 g/mol. The van der Waals surface area contributed by atoms with Crippen LogP contribution in [0.25, 0.3) is 0 Å². The Kier molecular flexibility index (Phi) is 4.71. The van der Waals surface area contributed by atoms with Gasteiger partial charge in [-0.25, -0.2) is 4.79 Å². The summed E-state index contributed by atoms with van der Waals surface area (Å²) in [5.74, 6) is -1.74. The van der Waals surface area contributed by atoms with Crippen LogP contribution in [0.1, 0.15) is 28.0 Å². The van der Waals surface area contributed by atoms with E-state index in [-0.39, 0.29) is 17.4 Å². The summed E-state index contributed by atoms with van der Waals surface area (Å²) in [4.78, 5) is 24.0. The van der Waals surface area contributed by atoms with Crippen molar-refractivity contribution in [1.29, 1.82) is 0 Å². The van der Waals surface area contributed by atoms with Crippen molar-refractivity contribution in [2.75, 3.05) is 26.8 Å². The number of methoxy groups -OCH3 is 1. The third kappa shape index (κ3) is 3.32. The molecule has 0 atom stereocenters. The first-order chi connectivity index (χ1) is 8.10. The van der Waals surface area contributed by atoms with Crippen LogP contribution in [0, 0.1) is 0 Å². The van der Waals surface area contributed by atoms with Crippen LogP contribution >= 0.6 is 0 Å². The van der Waals surface area contributed by atoms with Crippen LogP contribution < -0.4 is 0 Å². The first-order valence-electron chi connectivity index (χ1n) is 5.21. The normalized spacial score (nSPS) is 10.2. The summed E-state index contributed by atoms with van der Waals surface area (Å²) in [5.41, 5.74) is 0. The number of hydrogen-bond acceptors (Lipinski definition) is 4. The molecule has 1 amide bonds. The van der Waals surface area contributed by atoms with Crippen molar-refractivity contribution in [2.45, 2.75) is 6.92 Å². The fraction of sp³-hybridized carbons (Fsp3) is 0.455. The summed E-state index contributed by atoms with van der Waals surface area (Å²) < 4.78 is 9.82. The Morgan fingerprint density at radius 1 is 1.41 bits per heavy atom. The fourth-order valence-electron chi connectivity index (χ4n) is 1.33. The maximum Gasteiger partial charge on any atom is 0.371 e. The summed E-state index contributed by atoms with van der Waals surface area (Å²) >= 11 is 0. The minimum absolute atomic E-state index is 0.0281. The molecule has 0 bridgehead atoms. The lowest BCUT2D eigenvalue weighted by atomic mass is 10.3. The zero-order valence-electron chi connectivity index (χ0n) is 9.80. The zero-order chi connectivity index (χ0) is 12.8. The Labute approximate surface area is 98.8 Å². The summed E-state index contributed by atoms with van der Waals surface area (Å²) in [6, 6.07) is 2.63. The minimum atomic E-state index is -1.19. The predicted molar refractivity (Wildman–Crippen MR) is 59.1 cm³/mol. The minimum Gasteiger partial charge on any atom is -0.475 e. The smallest absolute Gasteiger partial charge is 0.371 e. The molecule has 6 nitrogen and oxygen atoms in total. The molecule has 0 saturated carbocycles. The molecule has 1 aromatic heterocycles. The number of nitrogens with zero attached hydrogens (tertiary/aromatic N) is 1. The highest BCUT2D eigenvalue weighted by atomic mass is 16.5. The Bertz CT molecular complexity index is 398. The van der Waals surface area contributed by atoms with Gasteiger partial charge >= 0.3 is 5.97 Å². The van der Waals surface area contributed by atoms with E-state index in [1.807, 2.05) is 6.92 Å². The van der Waals surface area contributed by atoms with E-state index < -0.39 is 5.97 Å². The van der Waals surface area contributed by atoms with Crippen molar-refractivity contribution in [3.8, 4) is 0 Å². The second kappa shape index (κ2) is 6.05. The lowest BCUT2D eigenvalue weighted by Gasteiger charge is -2.18. The molecular formula is C11H15NO5. The monoisotopic (exact) mass is 241 g/mol. The number of carbonyl (C=O) groups is 2. The number of hydrogen-bond donors (Lipinski definition) is 1. The number of ether oxygens (including phenoxy) is 1.